The minimum absolute atomic E-state index is 0.252. The first kappa shape index (κ1) is 16.7. The molecule has 0 aliphatic carbocycles. The van der Waals surface area contributed by atoms with E-state index >= 15 is 0 Å². The standard InChI is InChI=1S/C17H21N3O3/c1-3-4-11-23-16-13(7-5-9-18-16)12-20-15(21)14-8-6-10-19-17(14)22-2/h5-10H,3-4,11-12H2,1-2H3,(H,20,21). The van der Waals surface area contributed by atoms with Crippen molar-refractivity contribution in [3.8, 4) is 11.8 Å². The van der Waals surface area contributed by atoms with E-state index in [2.05, 4.69) is 22.2 Å². The van der Waals surface area contributed by atoms with Crippen LogP contribution in [0, 0.1) is 0 Å². The van der Waals surface area contributed by atoms with Gasteiger partial charge in [-0.3, -0.25) is 4.79 Å². The van der Waals surface area contributed by atoms with E-state index in [0.29, 0.717) is 30.5 Å². The highest BCUT2D eigenvalue weighted by molar-refractivity contribution is 5.96. The van der Waals surface area contributed by atoms with Gasteiger partial charge in [0.05, 0.1) is 13.7 Å². The molecule has 0 spiro atoms. The number of ether oxygens (including phenoxy) is 2. The summed E-state index contributed by atoms with van der Waals surface area (Å²) in [5, 5.41) is 2.84. The molecule has 0 bridgehead atoms. The number of pyridine rings is 2. The molecule has 0 saturated heterocycles. The summed E-state index contributed by atoms with van der Waals surface area (Å²) in [5.41, 5.74) is 1.23. The number of nitrogens with one attached hydrogen (secondary N) is 1. The Hall–Kier alpha value is -2.63. The smallest absolute Gasteiger partial charge is 0.257 e. The molecule has 0 saturated carbocycles. The Bertz CT molecular complexity index is 646. The largest absolute Gasteiger partial charge is 0.480 e. The van der Waals surface area contributed by atoms with E-state index < -0.39 is 0 Å². The van der Waals surface area contributed by atoms with Gasteiger partial charge >= 0.3 is 0 Å². The van der Waals surface area contributed by atoms with Crippen LogP contribution < -0.4 is 14.8 Å². The van der Waals surface area contributed by atoms with Crippen molar-refractivity contribution in [1.29, 1.82) is 0 Å². The summed E-state index contributed by atoms with van der Waals surface area (Å²) < 4.78 is 10.8. The first-order chi connectivity index (χ1) is 11.3. The molecular formula is C17H21N3O3. The van der Waals surface area contributed by atoms with Crippen LogP contribution in [-0.2, 0) is 6.54 Å². The second-order valence-corrected chi connectivity index (χ2v) is 4.91. The number of hydrogen-bond acceptors (Lipinski definition) is 5. The van der Waals surface area contributed by atoms with Gasteiger partial charge in [-0.05, 0) is 24.6 Å². The van der Waals surface area contributed by atoms with Crippen molar-refractivity contribution in [3.05, 3.63) is 47.8 Å². The third-order valence-electron chi connectivity index (χ3n) is 3.24. The van der Waals surface area contributed by atoms with Crippen LogP contribution in [0.2, 0.25) is 0 Å². The molecule has 2 aromatic heterocycles. The number of nitrogens with zero attached hydrogens (tertiary/aromatic N) is 2. The highest BCUT2D eigenvalue weighted by Gasteiger charge is 2.13. The van der Waals surface area contributed by atoms with E-state index in [1.165, 1.54) is 7.11 Å². The van der Waals surface area contributed by atoms with Crippen LogP contribution in [0.1, 0.15) is 35.7 Å². The fourth-order valence-electron chi connectivity index (χ4n) is 2.00. The fraction of sp³-hybridized carbons (Fsp3) is 0.353. The molecule has 1 amide bonds. The van der Waals surface area contributed by atoms with E-state index in [4.69, 9.17) is 9.47 Å². The Morgan fingerprint density at radius 3 is 2.65 bits per heavy atom. The minimum Gasteiger partial charge on any atom is -0.480 e. The summed E-state index contributed by atoms with van der Waals surface area (Å²) in [4.78, 5) is 20.5. The van der Waals surface area contributed by atoms with Crippen molar-refractivity contribution < 1.29 is 14.3 Å². The molecule has 0 fully saturated rings. The number of rotatable bonds is 8. The lowest BCUT2D eigenvalue weighted by molar-refractivity contribution is 0.0946. The van der Waals surface area contributed by atoms with Crippen LogP contribution in [0.25, 0.3) is 0 Å². The zero-order valence-electron chi connectivity index (χ0n) is 13.4. The molecule has 2 rings (SSSR count). The summed E-state index contributed by atoms with van der Waals surface area (Å²) in [6, 6.07) is 7.07. The Morgan fingerprint density at radius 2 is 1.91 bits per heavy atom. The molecule has 0 aliphatic heterocycles. The lowest BCUT2D eigenvalue weighted by Crippen LogP contribution is -2.24. The van der Waals surface area contributed by atoms with Gasteiger partial charge < -0.3 is 14.8 Å². The molecule has 23 heavy (non-hydrogen) atoms. The summed E-state index contributed by atoms with van der Waals surface area (Å²) >= 11 is 0. The molecule has 122 valence electrons. The maximum atomic E-state index is 12.3. The summed E-state index contributed by atoms with van der Waals surface area (Å²) in [6.45, 7) is 3.04. The van der Waals surface area contributed by atoms with Gasteiger partial charge in [-0.1, -0.05) is 19.4 Å². The number of carbonyl (C=O) groups is 1. The lowest BCUT2D eigenvalue weighted by atomic mass is 10.2. The van der Waals surface area contributed by atoms with E-state index in [9.17, 15) is 4.79 Å². The quantitative estimate of drug-likeness (QED) is 0.758. The average Bonchev–Trinajstić information content (AvgIpc) is 2.60. The molecule has 6 heteroatoms. The Morgan fingerprint density at radius 1 is 1.17 bits per heavy atom. The topological polar surface area (TPSA) is 73.3 Å². The fourth-order valence-corrected chi connectivity index (χ4v) is 2.00. The maximum Gasteiger partial charge on any atom is 0.257 e. The highest BCUT2D eigenvalue weighted by atomic mass is 16.5. The number of carbonyl (C=O) groups excluding carboxylic acids is 1. The van der Waals surface area contributed by atoms with Crippen molar-refractivity contribution in [2.24, 2.45) is 0 Å². The maximum absolute atomic E-state index is 12.3. The molecule has 6 nitrogen and oxygen atoms in total. The third-order valence-corrected chi connectivity index (χ3v) is 3.24. The SMILES string of the molecule is CCCCOc1ncccc1CNC(=O)c1cccnc1OC. The summed E-state index contributed by atoms with van der Waals surface area (Å²) in [5.74, 6) is 0.605. The first-order valence-corrected chi connectivity index (χ1v) is 7.60. The molecule has 0 unspecified atom stereocenters. The van der Waals surface area contributed by atoms with E-state index in [1.807, 2.05) is 12.1 Å². The predicted molar refractivity (Wildman–Crippen MR) is 86.6 cm³/mol. The zero-order valence-corrected chi connectivity index (χ0v) is 13.4. The van der Waals surface area contributed by atoms with Crippen molar-refractivity contribution in [2.45, 2.75) is 26.3 Å². The molecule has 2 heterocycles. The lowest BCUT2D eigenvalue weighted by Gasteiger charge is -2.11. The average molecular weight is 315 g/mol. The predicted octanol–water partition coefficient (Wildman–Crippen LogP) is 2.59. The van der Waals surface area contributed by atoms with Gasteiger partial charge in [0.1, 0.15) is 5.56 Å². The molecule has 0 aliphatic rings. The Labute approximate surface area is 135 Å². The van der Waals surface area contributed by atoms with E-state index in [-0.39, 0.29) is 5.91 Å². The van der Waals surface area contributed by atoms with Gasteiger partial charge in [0.25, 0.3) is 5.91 Å². The molecule has 0 radical (unpaired) electrons. The van der Waals surface area contributed by atoms with Crippen LogP contribution in [0.4, 0.5) is 0 Å². The van der Waals surface area contributed by atoms with Gasteiger partial charge in [-0.2, -0.15) is 0 Å². The number of amides is 1. The highest BCUT2D eigenvalue weighted by Crippen LogP contribution is 2.16. The van der Waals surface area contributed by atoms with Gasteiger partial charge in [0, 0.05) is 24.5 Å². The Kier molecular flexibility index (Phi) is 6.35. The second kappa shape index (κ2) is 8.73. The summed E-state index contributed by atoms with van der Waals surface area (Å²) in [6.07, 6.45) is 5.28. The van der Waals surface area contributed by atoms with Gasteiger partial charge in [-0.15, -0.1) is 0 Å². The first-order valence-electron chi connectivity index (χ1n) is 7.60. The molecule has 2 aromatic rings. The van der Waals surface area contributed by atoms with Crippen LogP contribution in [0.5, 0.6) is 11.8 Å². The van der Waals surface area contributed by atoms with Crippen LogP contribution >= 0.6 is 0 Å². The van der Waals surface area contributed by atoms with E-state index in [1.54, 1.807) is 24.5 Å². The molecular weight excluding hydrogens is 294 g/mol. The van der Waals surface area contributed by atoms with Gasteiger partial charge in [0.2, 0.25) is 11.8 Å². The number of unbranched alkanes of at least 4 members (excludes halogenated alkanes) is 1. The molecule has 1 N–H and O–H groups in total. The van der Waals surface area contributed by atoms with Gasteiger partial charge in [-0.25, -0.2) is 9.97 Å². The van der Waals surface area contributed by atoms with Crippen LogP contribution in [0.15, 0.2) is 36.7 Å². The monoisotopic (exact) mass is 315 g/mol. The third kappa shape index (κ3) is 4.67. The second-order valence-electron chi connectivity index (χ2n) is 4.91. The number of methoxy groups -OCH3 is 1. The van der Waals surface area contributed by atoms with E-state index in [0.717, 1.165) is 18.4 Å². The normalized spacial score (nSPS) is 10.2. The van der Waals surface area contributed by atoms with Crippen molar-refractivity contribution in [2.75, 3.05) is 13.7 Å². The van der Waals surface area contributed by atoms with Crippen molar-refractivity contribution in [3.63, 3.8) is 0 Å². The minimum atomic E-state index is -0.252. The van der Waals surface area contributed by atoms with Crippen molar-refractivity contribution >= 4 is 5.91 Å². The Balaban J connectivity index is 2.01. The number of hydrogen-bond donors (Lipinski definition) is 1. The van der Waals surface area contributed by atoms with Crippen LogP contribution in [-0.4, -0.2) is 29.6 Å². The zero-order chi connectivity index (χ0) is 16.5. The van der Waals surface area contributed by atoms with Crippen LogP contribution in [0.3, 0.4) is 0 Å². The van der Waals surface area contributed by atoms with Gasteiger partial charge in [0.15, 0.2) is 0 Å². The molecule has 0 aromatic carbocycles. The molecule has 0 atom stereocenters. The summed E-state index contributed by atoms with van der Waals surface area (Å²) in [7, 11) is 1.49. The number of aromatic nitrogens is 2. The van der Waals surface area contributed by atoms with Crippen molar-refractivity contribution in [1.82, 2.24) is 15.3 Å².